The number of benzene rings is 1. The molecule has 1 unspecified atom stereocenters. The lowest BCUT2D eigenvalue weighted by atomic mass is 10.1. The molecule has 0 spiro atoms. The molecule has 1 atom stereocenters. The first kappa shape index (κ1) is 12.4. The molecule has 0 radical (unpaired) electrons. The van der Waals surface area contributed by atoms with Gasteiger partial charge in [-0.05, 0) is 48.9 Å². The van der Waals surface area contributed by atoms with Crippen molar-refractivity contribution < 1.29 is 12.8 Å². The zero-order chi connectivity index (χ0) is 13.0. The van der Waals surface area contributed by atoms with Gasteiger partial charge in [0.15, 0.2) is 4.21 Å². The molecule has 6 heteroatoms. The Balaban J connectivity index is 1.85. The molecule has 0 heterocycles. The van der Waals surface area contributed by atoms with Crippen molar-refractivity contribution in [2.75, 3.05) is 0 Å². The van der Waals surface area contributed by atoms with E-state index in [9.17, 15) is 12.8 Å². The van der Waals surface area contributed by atoms with Crippen LogP contribution in [0, 0.1) is 5.82 Å². The van der Waals surface area contributed by atoms with Crippen LogP contribution in [0.25, 0.3) is 0 Å². The molecule has 2 aliphatic rings. The molecule has 3 rings (SSSR count). The highest BCUT2D eigenvalue weighted by molar-refractivity contribution is 7.92. The summed E-state index contributed by atoms with van der Waals surface area (Å²) in [5, 5.41) is 0. The highest BCUT2D eigenvalue weighted by atomic mass is 35.5. The Labute approximate surface area is 110 Å². The summed E-state index contributed by atoms with van der Waals surface area (Å²) in [6.45, 7) is 0. The first-order chi connectivity index (χ1) is 8.41. The van der Waals surface area contributed by atoms with E-state index in [0.29, 0.717) is 25.7 Å². The first-order valence-electron chi connectivity index (χ1n) is 5.90. The van der Waals surface area contributed by atoms with Gasteiger partial charge in [-0.2, -0.15) is 0 Å². The SMILES string of the molecule is O=S(=O)(NC1CCc2cc(F)ccc21)C1(Cl)CC1. The molecule has 1 fully saturated rings. The van der Waals surface area contributed by atoms with Crippen LogP contribution in [-0.4, -0.2) is 12.6 Å². The van der Waals surface area contributed by atoms with Crippen molar-refractivity contribution in [1.29, 1.82) is 0 Å². The van der Waals surface area contributed by atoms with Gasteiger partial charge in [-0.25, -0.2) is 17.5 Å². The number of halogens is 2. The van der Waals surface area contributed by atoms with Crippen LogP contribution in [0.15, 0.2) is 18.2 Å². The van der Waals surface area contributed by atoms with Crippen molar-refractivity contribution >= 4 is 21.6 Å². The Kier molecular flexibility index (Phi) is 2.70. The van der Waals surface area contributed by atoms with E-state index in [2.05, 4.69) is 4.72 Å². The van der Waals surface area contributed by atoms with Crippen LogP contribution in [0.5, 0.6) is 0 Å². The van der Waals surface area contributed by atoms with Crippen molar-refractivity contribution in [3.8, 4) is 0 Å². The van der Waals surface area contributed by atoms with Gasteiger partial charge < -0.3 is 0 Å². The van der Waals surface area contributed by atoms with Gasteiger partial charge in [0, 0.05) is 6.04 Å². The molecule has 0 aliphatic heterocycles. The van der Waals surface area contributed by atoms with Crippen LogP contribution in [-0.2, 0) is 16.4 Å². The minimum Gasteiger partial charge on any atom is -0.211 e. The average molecular weight is 290 g/mol. The number of hydrogen-bond acceptors (Lipinski definition) is 2. The largest absolute Gasteiger partial charge is 0.231 e. The number of rotatable bonds is 3. The maximum absolute atomic E-state index is 13.1. The molecule has 1 saturated carbocycles. The van der Waals surface area contributed by atoms with Gasteiger partial charge in [-0.15, -0.1) is 11.6 Å². The summed E-state index contributed by atoms with van der Waals surface area (Å²) in [7, 11) is -3.50. The third-order valence-electron chi connectivity index (χ3n) is 3.60. The summed E-state index contributed by atoms with van der Waals surface area (Å²) in [6.07, 6.45) is 2.33. The van der Waals surface area contributed by atoms with Gasteiger partial charge >= 0.3 is 0 Å². The predicted molar refractivity (Wildman–Crippen MR) is 67.3 cm³/mol. The molecule has 0 bridgehead atoms. The molecular formula is C12H13ClFNO2S. The molecule has 0 amide bonds. The van der Waals surface area contributed by atoms with Crippen LogP contribution in [0.4, 0.5) is 4.39 Å². The van der Waals surface area contributed by atoms with Gasteiger partial charge in [0.2, 0.25) is 10.0 Å². The summed E-state index contributed by atoms with van der Waals surface area (Å²) in [6, 6.07) is 4.20. The molecule has 3 nitrogen and oxygen atoms in total. The van der Waals surface area contributed by atoms with E-state index in [1.807, 2.05) is 0 Å². The van der Waals surface area contributed by atoms with Gasteiger partial charge in [0.1, 0.15) is 5.82 Å². The van der Waals surface area contributed by atoms with E-state index < -0.39 is 14.2 Å². The number of hydrogen-bond donors (Lipinski definition) is 1. The summed E-state index contributed by atoms with van der Waals surface area (Å²) in [5.74, 6) is -0.284. The number of alkyl halides is 1. The lowest BCUT2D eigenvalue weighted by Crippen LogP contribution is -2.34. The van der Waals surface area contributed by atoms with E-state index in [1.54, 1.807) is 6.07 Å². The molecule has 0 aromatic heterocycles. The van der Waals surface area contributed by atoms with Crippen LogP contribution >= 0.6 is 11.6 Å². The summed E-state index contributed by atoms with van der Waals surface area (Å²) in [5.41, 5.74) is 1.74. The zero-order valence-corrected chi connectivity index (χ0v) is 11.2. The van der Waals surface area contributed by atoms with E-state index in [1.165, 1.54) is 12.1 Å². The second-order valence-electron chi connectivity index (χ2n) is 4.94. The second-order valence-corrected chi connectivity index (χ2v) is 7.91. The number of sulfonamides is 1. The Hall–Kier alpha value is -0.650. The molecule has 1 N–H and O–H groups in total. The first-order valence-corrected chi connectivity index (χ1v) is 7.76. The highest BCUT2D eigenvalue weighted by Gasteiger charge is 2.54. The second kappa shape index (κ2) is 3.92. The van der Waals surface area contributed by atoms with Crippen molar-refractivity contribution in [2.24, 2.45) is 0 Å². The average Bonchev–Trinajstić information content (AvgIpc) is 2.94. The summed E-state index contributed by atoms with van der Waals surface area (Å²) >= 11 is 5.96. The minimum atomic E-state index is -3.50. The van der Waals surface area contributed by atoms with E-state index in [4.69, 9.17) is 11.6 Å². The van der Waals surface area contributed by atoms with Crippen LogP contribution in [0.1, 0.15) is 36.4 Å². The Bertz CT molecular complexity index is 598. The summed E-state index contributed by atoms with van der Waals surface area (Å²) < 4.78 is 38.7. The fourth-order valence-electron chi connectivity index (χ4n) is 2.37. The Morgan fingerprint density at radius 1 is 1.39 bits per heavy atom. The minimum absolute atomic E-state index is 0.276. The molecule has 2 aliphatic carbocycles. The van der Waals surface area contributed by atoms with Crippen LogP contribution in [0.3, 0.4) is 0 Å². The fourth-order valence-corrected chi connectivity index (χ4v) is 4.07. The van der Waals surface area contributed by atoms with Crippen molar-refractivity contribution in [1.82, 2.24) is 4.72 Å². The van der Waals surface area contributed by atoms with E-state index in [-0.39, 0.29) is 11.9 Å². The molecular weight excluding hydrogens is 277 g/mol. The van der Waals surface area contributed by atoms with Gasteiger partial charge in [-0.3, -0.25) is 0 Å². The Morgan fingerprint density at radius 3 is 2.78 bits per heavy atom. The van der Waals surface area contributed by atoms with E-state index >= 15 is 0 Å². The fraction of sp³-hybridized carbons (Fsp3) is 0.500. The van der Waals surface area contributed by atoms with Crippen molar-refractivity contribution in [3.63, 3.8) is 0 Å². The predicted octanol–water partition coefficient (Wildman–Crippen LogP) is 2.46. The molecule has 0 saturated heterocycles. The highest BCUT2D eigenvalue weighted by Crippen LogP contribution is 2.48. The lowest BCUT2D eigenvalue weighted by Gasteiger charge is -2.17. The monoisotopic (exact) mass is 289 g/mol. The van der Waals surface area contributed by atoms with Crippen LogP contribution in [0.2, 0.25) is 0 Å². The third-order valence-corrected chi connectivity index (χ3v) is 6.56. The lowest BCUT2D eigenvalue weighted by molar-refractivity contribution is 0.550. The van der Waals surface area contributed by atoms with Gasteiger partial charge in [0.25, 0.3) is 0 Å². The maximum Gasteiger partial charge on any atom is 0.231 e. The van der Waals surface area contributed by atoms with Crippen molar-refractivity contribution in [3.05, 3.63) is 35.1 Å². The normalized spacial score (nSPS) is 24.9. The van der Waals surface area contributed by atoms with Crippen molar-refractivity contribution in [2.45, 2.75) is 35.9 Å². The van der Waals surface area contributed by atoms with Crippen LogP contribution < -0.4 is 4.72 Å². The van der Waals surface area contributed by atoms with Gasteiger partial charge in [-0.1, -0.05) is 6.07 Å². The smallest absolute Gasteiger partial charge is 0.211 e. The number of aryl methyl sites for hydroxylation is 1. The van der Waals surface area contributed by atoms with E-state index in [0.717, 1.165) is 11.1 Å². The summed E-state index contributed by atoms with van der Waals surface area (Å²) in [4.78, 5) is 0. The quantitative estimate of drug-likeness (QED) is 0.869. The zero-order valence-electron chi connectivity index (χ0n) is 9.62. The molecule has 1 aromatic rings. The number of fused-ring (bicyclic) bond motifs is 1. The topological polar surface area (TPSA) is 46.2 Å². The van der Waals surface area contributed by atoms with Gasteiger partial charge in [0.05, 0.1) is 0 Å². The maximum atomic E-state index is 13.1. The molecule has 18 heavy (non-hydrogen) atoms. The third kappa shape index (κ3) is 1.94. The number of nitrogens with one attached hydrogen (secondary N) is 1. The Morgan fingerprint density at radius 2 is 2.11 bits per heavy atom. The molecule has 1 aromatic carbocycles. The molecule has 98 valence electrons. The standard InChI is InChI=1S/C12H13ClFNO2S/c13-12(5-6-12)18(16,17)15-11-4-1-8-7-9(14)2-3-10(8)11/h2-3,7,11,15H,1,4-6H2.